The van der Waals surface area contributed by atoms with Gasteiger partial charge in [-0.2, -0.15) is 0 Å². The van der Waals surface area contributed by atoms with Crippen LogP contribution in [0, 0.1) is 0 Å². The van der Waals surface area contributed by atoms with E-state index in [4.69, 9.17) is 0 Å². The summed E-state index contributed by atoms with van der Waals surface area (Å²) in [4.78, 5) is 7.58. The average Bonchev–Trinajstić information content (AvgIpc) is 2.72. The molecule has 0 spiro atoms. The van der Waals surface area contributed by atoms with Crippen molar-refractivity contribution >= 4 is 35.7 Å². The Morgan fingerprint density at radius 1 is 1.50 bits per heavy atom. The van der Waals surface area contributed by atoms with Crippen molar-refractivity contribution in [3.05, 3.63) is 24.8 Å². The van der Waals surface area contributed by atoms with Crippen LogP contribution in [-0.4, -0.2) is 40.8 Å². The van der Waals surface area contributed by atoms with Crippen LogP contribution in [0.1, 0.15) is 0 Å². The third kappa shape index (κ3) is 2.10. The first-order chi connectivity index (χ1) is 6.77. The molecular formula is C8H11N4Se2+. The van der Waals surface area contributed by atoms with Crippen molar-refractivity contribution in [3.63, 3.8) is 0 Å². The Balaban J connectivity index is 2.02. The molecule has 0 aromatic carbocycles. The Hall–Kier alpha value is -0.541. The van der Waals surface area contributed by atoms with Gasteiger partial charge in [-0.25, -0.2) is 0 Å². The van der Waals surface area contributed by atoms with Crippen LogP contribution in [0.25, 0.3) is 0 Å². The van der Waals surface area contributed by atoms with Crippen LogP contribution in [0.2, 0.25) is 0 Å². The van der Waals surface area contributed by atoms with E-state index in [2.05, 4.69) is 33.2 Å². The monoisotopic (exact) mass is 323 g/mol. The molecule has 2 aromatic heterocycles. The molecule has 0 amide bonds. The van der Waals surface area contributed by atoms with E-state index in [0.29, 0.717) is 26.3 Å². The van der Waals surface area contributed by atoms with Crippen LogP contribution in [0.3, 0.4) is 0 Å². The van der Waals surface area contributed by atoms with Crippen molar-refractivity contribution in [2.45, 2.75) is 0 Å². The van der Waals surface area contributed by atoms with Gasteiger partial charge >= 0.3 is 93.7 Å². The minimum atomic E-state index is 0.466. The second-order valence-corrected chi connectivity index (χ2v) is 8.77. The number of nitrogens with zero attached hydrogens (tertiary/aromatic N) is 3. The molecule has 0 saturated heterocycles. The van der Waals surface area contributed by atoms with E-state index < -0.39 is 0 Å². The van der Waals surface area contributed by atoms with Gasteiger partial charge in [-0.1, -0.05) is 0 Å². The molecule has 0 bridgehead atoms. The number of hydrogen-bond acceptors (Lipinski definition) is 1. The molecule has 0 atom stereocenters. The van der Waals surface area contributed by atoms with Gasteiger partial charge in [0.15, 0.2) is 0 Å². The molecule has 0 aliphatic carbocycles. The number of aromatic nitrogens is 4. The summed E-state index contributed by atoms with van der Waals surface area (Å²) < 4.78 is 6.78. The fraction of sp³-hybridized carbons (Fsp3) is 0.250. The maximum atomic E-state index is 4.33. The molecule has 14 heavy (non-hydrogen) atoms. The summed E-state index contributed by atoms with van der Waals surface area (Å²) in [7, 11) is 4.12. The van der Waals surface area contributed by atoms with Crippen LogP contribution in [0.4, 0.5) is 0 Å². The predicted molar refractivity (Wildman–Crippen MR) is 56.0 cm³/mol. The van der Waals surface area contributed by atoms with Crippen molar-refractivity contribution in [2.24, 2.45) is 14.1 Å². The minimum absolute atomic E-state index is 0.466. The molecule has 2 rings (SSSR count). The molecule has 0 aliphatic rings. The Morgan fingerprint density at radius 2 is 2.36 bits per heavy atom. The SMILES string of the molecule is Cn1ccnc1[Se][Se]c1[nH]cc[n+]1C. The summed E-state index contributed by atoms with van der Waals surface area (Å²) in [5, 5.41) is 0. The summed E-state index contributed by atoms with van der Waals surface area (Å²) in [6, 6.07) is 0. The number of nitrogens with one attached hydrogen (secondary N) is 1. The molecule has 1 N–H and O–H groups in total. The van der Waals surface area contributed by atoms with Crippen LogP contribution in [-0.2, 0) is 14.1 Å². The summed E-state index contributed by atoms with van der Waals surface area (Å²) in [6.07, 6.45) is 7.89. The second kappa shape index (κ2) is 4.32. The van der Waals surface area contributed by atoms with Gasteiger partial charge in [0.1, 0.15) is 0 Å². The molecule has 6 heteroatoms. The van der Waals surface area contributed by atoms with Gasteiger partial charge in [-0.3, -0.25) is 0 Å². The first-order valence-electron chi connectivity index (χ1n) is 4.12. The summed E-state index contributed by atoms with van der Waals surface area (Å²) in [5.41, 5.74) is 0. The van der Waals surface area contributed by atoms with Crippen LogP contribution in [0.15, 0.2) is 24.8 Å². The van der Waals surface area contributed by atoms with Crippen LogP contribution in [0.5, 0.6) is 0 Å². The standard InChI is InChI=1S/C8H10N4Se2/c1-11-5-3-9-7(11)13-14-8-10-4-6-12(8)2/h3-6H,1-2H3/p+1. The average molecular weight is 321 g/mol. The zero-order valence-electron chi connectivity index (χ0n) is 7.97. The first kappa shape index (κ1) is 9.99. The van der Waals surface area contributed by atoms with E-state index in [-0.39, 0.29) is 0 Å². The number of aryl methyl sites for hydroxylation is 2. The quantitative estimate of drug-likeness (QED) is 0.508. The van der Waals surface area contributed by atoms with Crippen molar-refractivity contribution in [1.82, 2.24) is 14.5 Å². The predicted octanol–water partition coefficient (Wildman–Crippen LogP) is -2.15. The molecule has 4 nitrogen and oxygen atoms in total. The third-order valence-electron chi connectivity index (χ3n) is 1.80. The number of aromatic amines is 1. The molecule has 74 valence electrons. The van der Waals surface area contributed by atoms with E-state index in [1.165, 1.54) is 9.45 Å². The number of hydrogen-bond donors (Lipinski definition) is 1. The van der Waals surface area contributed by atoms with Gasteiger partial charge in [0.2, 0.25) is 0 Å². The molecule has 0 radical (unpaired) electrons. The zero-order valence-corrected chi connectivity index (χ0v) is 11.4. The second-order valence-electron chi connectivity index (χ2n) is 2.86. The molecule has 0 unspecified atom stereocenters. The number of rotatable bonds is 3. The van der Waals surface area contributed by atoms with Gasteiger partial charge in [-0.05, 0) is 0 Å². The van der Waals surface area contributed by atoms with Gasteiger partial charge in [0.05, 0.1) is 0 Å². The molecule has 0 aliphatic heterocycles. The number of imidazole rings is 2. The molecule has 2 aromatic rings. The molecular weight excluding hydrogens is 310 g/mol. The fourth-order valence-electron chi connectivity index (χ4n) is 0.982. The molecule has 0 fully saturated rings. The van der Waals surface area contributed by atoms with E-state index in [0.717, 1.165) is 0 Å². The van der Waals surface area contributed by atoms with E-state index in [1.807, 2.05) is 24.8 Å². The van der Waals surface area contributed by atoms with Crippen molar-refractivity contribution < 1.29 is 4.57 Å². The normalized spacial score (nSPS) is 10.7. The molecule has 0 saturated carbocycles. The third-order valence-corrected chi connectivity index (χ3v) is 8.55. The zero-order chi connectivity index (χ0) is 9.97. The summed E-state index contributed by atoms with van der Waals surface area (Å²) >= 11 is 0.957. The van der Waals surface area contributed by atoms with Gasteiger partial charge in [0.25, 0.3) is 0 Å². The van der Waals surface area contributed by atoms with Gasteiger partial charge < -0.3 is 0 Å². The Kier molecular flexibility index (Phi) is 3.08. The van der Waals surface area contributed by atoms with Gasteiger partial charge in [0, 0.05) is 0 Å². The summed E-state index contributed by atoms with van der Waals surface area (Å²) in [5.74, 6) is 0. The van der Waals surface area contributed by atoms with Crippen LogP contribution < -0.4 is 14.0 Å². The van der Waals surface area contributed by atoms with E-state index in [1.54, 1.807) is 0 Å². The fourth-order valence-corrected chi connectivity index (χ4v) is 7.74. The first-order valence-corrected chi connectivity index (χ1v) is 10.2. The van der Waals surface area contributed by atoms with Crippen LogP contribution >= 0.6 is 0 Å². The Bertz CT molecular complexity index is 380. The van der Waals surface area contributed by atoms with Crippen molar-refractivity contribution in [3.8, 4) is 0 Å². The van der Waals surface area contributed by atoms with E-state index >= 15 is 0 Å². The Labute approximate surface area is 93.6 Å². The molecule has 2 heterocycles. The van der Waals surface area contributed by atoms with E-state index in [9.17, 15) is 0 Å². The summed E-state index contributed by atoms with van der Waals surface area (Å²) in [6.45, 7) is 0. The van der Waals surface area contributed by atoms with Crippen molar-refractivity contribution in [1.29, 1.82) is 0 Å². The van der Waals surface area contributed by atoms with Gasteiger partial charge in [-0.15, -0.1) is 0 Å². The number of H-pyrrole nitrogens is 1. The topological polar surface area (TPSA) is 37.5 Å². The Morgan fingerprint density at radius 3 is 2.93 bits per heavy atom. The maximum absolute atomic E-state index is 4.33. The van der Waals surface area contributed by atoms with Crippen molar-refractivity contribution in [2.75, 3.05) is 0 Å².